The van der Waals surface area contributed by atoms with E-state index in [4.69, 9.17) is 0 Å². The van der Waals surface area contributed by atoms with E-state index in [1.165, 1.54) is 51.4 Å². The number of benzene rings is 1. The first-order valence-corrected chi connectivity index (χ1v) is 7.76. The minimum Gasteiger partial charge on any atom is -0.508 e. The van der Waals surface area contributed by atoms with E-state index in [0.717, 1.165) is 12.0 Å². The fourth-order valence-corrected chi connectivity index (χ4v) is 2.23. The summed E-state index contributed by atoms with van der Waals surface area (Å²) in [5.74, 6) is 0.406. The number of aromatic hydroxyl groups is 1. The van der Waals surface area contributed by atoms with Crippen molar-refractivity contribution in [3.63, 3.8) is 0 Å². The fraction of sp³-hybridized carbons (Fsp3) is 0.556. The van der Waals surface area contributed by atoms with Crippen LogP contribution in [-0.4, -0.2) is 5.11 Å². The SMILES string of the molecule is CCCCCCCCCC=CCc1ccccc1O. The highest BCUT2D eigenvalue weighted by Crippen LogP contribution is 2.16. The molecule has 0 heterocycles. The van der Waals surface area contributed by atoms with Crippen molar-refractivity contribution in [2.45, 2.75) is 64.7 Å². The van der Waals surface area contributed by atoms with Gasteiger partial charge in [0.2, 0.25) is 0 Å². The largest absolute Gasteiger partial charge is 0.508 e. The maximum atomic E-state index is 9.62. The Morgan fingerprint density at radius 3 is 2.32 bits per heavy atom. The van der Waals surface area contributed by atoms with Crippen LogP contribution in [-0.2, 0) is 6.42 Å². The molecule has 0 aromatic heterocycles. The van der Waals surface area contributed by atoms with Crippen LogP contribution in [0.15, 0.2) is 36.4 Å². The molecule has 0 unspecified atom stereocenters. The Morgan fingerprint density at radius 1 is 0.895 bits per heavy atom. The van der Waals surface area contributed by atoms with E-state index in [9.17, 15) is 5.11 Å². The van der Waals surface area contributed by atoms with Gasteiger partial charge in [-0.25, -0.2) is 0 Å². The number of hydrogen-bond donors (Lipinski definition) is 1. The molecule has 0 saturated heterocycles. The molecule has 19 heavy (non-hydrogen) atoms. The van der Waals surface area contributed by atoms with E-state index >= 15 is 0 Å². The topological polar surface area (TPSA) is 20.2 Å². The summed E-state index contributed by atoms with van der Waals surface area (Å²) < 4.78 is 0. The van der Waals surface area contributed by atoms with Crippen LogP contribution in [0.4, 0.5) is 0 Å². The maximum Gasteiger partial charge on any atom is 0.119 e. The van der Waals surface area contributed by atoms with Crippen molar-refractivity contribution in [1.29, 1.82) is 0 Å². The Kier molecular flexibility index (Phi) is 8.87. The van der Waals surface area contributed by atoms with Crippen LogP contribution in [0.25, 0.3) is 0 Å². The molecule has 1 aromatic carbocycles. The van der Waals surface area contributed by atoms with Gasteiger partial charge >= 0.3 is 0 Å². The van der Waals surface area contributed by atoms with Gasteiger partial charge in [0.25, 0.3) is 0 Å². The number of phenols is 1. The molecule has 0 aliphatic carbocycles. The summed E-state index contributed by atoms with van der Waals surface area (Å²) in [4.78, 5) is 0. The molecule has 0 amide bonds. The second-order valence-electron chi connectivity index (χ2n) is 5.21. The number of allylic oxidation sites excluding steroid dienone is 2. The summed E-state index contributed by atoms with van der Waals surface area (Å²) in [6, 6.07) is 7.56. The van der Waals surface area contributed by atoms with Gasteiger partial charge in [0.1, 0.15) is 5.75 Å². The van der Waals surface area contributed by atoms with Crippen LogP contribution < -0.4 is 0 Å². The Balaban J connectivity index is 2.01. The minimum atomic E-state index is 0.406. The van der Waals surface area contributed by atoms with E-state index in [1.54, 1.807) is 6.07 Å². The standard InChI is InChI=1S/C18H28O/c1-2-3-4-5-6-7-8-9-10-11-14-17-15-12-13-16-18(17)19/h10-13,15-16,19H,2-9,14H2,1H3. The van der Waals surface area contributed by atoms with Crippen molar-refractivity contribution in [3.8, 4) is 5.75 Å². The number of hydrogen-bond acceptors (Lipinski definition) is 1. The molecular weight excluding hydrogens is 232 g/mol. The number of rotatable bonds is 10. The van der Waals surface area contributed by atoms with E-state index in [-0.39, 0.29) is 0 Å². The van der Waals surface area contributed by atoms with Gasteiger partial charge in [-0.05, 0) is 30.9 Å². The summed E-state index contributed by atoms with van der Waals surface area (Å²) in [6.07, 6.45) is 16.0. The van der Waals surface area contributed by atoms with Gasteiger partial charge in [0, 0.05) is 0 Å². The average molecular weight is 260 g/mol. The normalized spacial score (nSPS) is 11.2. The molecule has 0 aliphatic rings. The van der Waals surface area contributed by atoms with E-state index in [2.05, 4.69) is 19.1 Å². The van der Waals surface area contributed by atoms with Crippen molar-refractivity contribution in [3.05, 3.63) is 42.0 Å². The summed E-state index contributed by atoms with van der Waals surface area (Å²) in [5, 5.41) is 9.62. The summed E-state index contributed by atoms with van der Waals surface area (Å²) in [7, 11) is 0. The van der Waals surface area contributed by atoms with Crippen molar-refractivity contribution >= 4 is 0 Å². The molecule has 1 heteroatoms. The zero-order valence-corrected chi connectivity index (χ0v) is 12.3. The molecule has 106 valence electrons. The van der Waals surface area contributed by atoms with E-state index in [0.29, 0.717) is 5.75 Å². The van der Waals surface area contributed by atoms with Crippen molar-refractivity contribution in [2.24, 2.45) is 0 Å². The first-order chi connectivity index (χ1) is 9.34. The van der Waals surface area contributed by atoms with Crippen molar-refractivity contribution in [1.82, 2.24) is 0 Å². The van der Waals surface area contributed by atoms with Gasteiger partial charge in [-0.3, -0.25) is 0 Å². The van der Waals surface area contributed by atoms with Gasteiger partial charge in [0.15, 0.2) is 0 Å². The van der Waals surface area contributed by atoms with Crippen LogP contribution >= 0.6 is 0 Å². The molecule has 0 spiro atoms. The molecule has 0 fully saturated rings. The fourth-order valence-electron chi connectivity index (χ4n) is 2.23. The second kappa shape index (κ2) is 10.7. The molecule has 1 N–H and O–H groups in total. The number of phenolic OH excluding ortho intramolecular Hbond substituents is 1. The van der Waals surface area contributed by atoms with Gasteiger partial charge < -0.3 is 5.11 Å². The molecule has 0 radical (unpaired) electrons. The minimum absolute atomic E-state index is 0.406. The third-order valence-electron chi connectivity index (χ3n) is 3.47. The third kappa shape index (κ3) is 7.71. The molecule has 1 aromatic rings. The van der Waals surface area contributed by atoms with Gasteiger partial charge in [0.05, 0.1) is 0 Å². The molecule has 1 rings (SSSR count). The summed E-state index contributed by atoms with van der Waals surface area (Å²) in [5.41, 5.74) is 1.01. The smallest absolute Gasteiger partial charge is 0.119 e. The van der Waals surface area contributed by atoms with E-state index < -0.39 is 0 Å². The molecule has 0 aliphatic heterocycles. The third-order valence-corrected chi connectivity index (χ3v) is 3.47. The highest BCUT2D eigenvalue weighted by atomic mass is 16.3. The van der Waals surface area contributed by atoms with Crippen LogP contribution in [0.1, 0.15) is 63.9 Å². The van der Waals surface area contributed by atoms with E-state index in [1.807, 2.05) is 18.2 Å². The average Bonchev–Trinajstić information content (AvgIpc) is 2.43. The lowest BCUT2D eigenvalue weighted by molar-refractivity contribution is 0.469. The highest BCUT2D eigenvalue weighted by molar-refractivity contribution is 5.33. The molecule has 0 atom stereocenters. The lowest BCUT2D eigenvalue weighted by Crippen LogP contribution is -1.82. The quantitative estimate of drug-likeness (QED) is 0.427. The van der Waals surface area contributed by atoms with Crippen molar-refractivity contribution in [2.75, 3.05) is 0 Å². The predicted molar refractivity (Wildman–Crippen MR) is 83.6 cm³/mol. The highest BCUT2D eigenvalue weighted by Gasteiger charge is 1.95. The van der Waals surface area contributed by atoms with Crippen LogP contribution in [0.5, 0.6) is 5.75 Å². The first-order valence-electron chi connectivity index (χ1n) is 7.76. The lowest BCUT2D eigenvalue weighted by atomic mass is 10.1. The zero-order valence-electron chi connectivity index (χ0n) is 12.3. The van der Waals surface area contributed by atoms with Gasteiger partial charge in [-0.1, -0.05) is 75.8 Å². The van der Waals surface area contributed by atoms with Gasteiger partial charge in [-0.2, -0.15) is 0 Å². The number of para-hydroxylation sites is 1. The Labute approximate surface area is 118 Å². The number of unbranched alkanes of at least 4 members (excludes halogenated alkanes) is 7. The molecule has 0 saturated carbocycles. The monoisotopic (exact) mass is 260 g/mol. The van der Waals surface area contributed by atoms with Crippen LogP contribution in [0.2, 0.25) is 0 Å². The van der Waals surface area contributed by atoms with Gasteiger partial charge in [-0.15, -0.1) is 0 Å². The van der Waals surface area contributed by atoms with Crippen LogP contribution in [0.3, 0.4) is 0 Å². The Bertz CT molecular complexity index is 354. The summed E-state index contributed by atoms with van der Waals surface area (Å²) in [6.45, 7) is 2.26. The van der Waals surface area contributed by atoms with Crippen LogP contribution in [0, 0.1) is 0 Å². The second-order valence-corrected chi connectivity index (χ2v) is 5.21. The molecule has 0 bridgehead atoms. The molecular formula is C18H28O. The van der Waals surface area contributed by atoms with Crippen molar-refractivity contribution < 1.29 is 5.11 Å². The first kappa shape index (κ1) is 15.8. The lowest BCUT2D eigenvalue weighted by Gasteiger charge is -2.00. The Morgan fingerprint density at radius 2 is 1.58 bits per heavy atom. The molecule has 1 nitrogen and oxygen atoms in total. The summed E-state index contributed by atoms with van der Waals surface area (Å²) >= 11 is 0. The Hall–Kier alpha value is -1.24. The predicted octanol–water partition coefficient (Wildman–Crippen LogP) is 5.63. The maximum absolute atomic E-state index is 9.62. The zero-order chi connectivity index (χ0) is 13.8.